The zero-order valence-electron chi connectivity index (χ0n) is 25.9. The molecular weight excluding hydrogens is 561 g/mol. The van der Waals surface area contributed by atoms with Crippen molar-refractivity contribution in [2.75, 3.05) is 0 Å². The third-order valence-electron chi connectivity index (χ3n) is 10.0. The summed E-state index contributed by atoms with van der Waals surface area (Å²) in [6, 6.07) is 54.6. The smallest absolute Gasteiger partial charge is 0.0622 e. The fraction of sp³-hybridized carbons (Fsp3) is 0.0952. The number of hydrogen-bond donors (Lipinski definition) is 0. The molecule has 212 valence electrons. The van der Waals surface area contributed by atoms with E-state index in [-0.39, 0.29) is 0 Å². The second kappa shape index (κ2) is 10.0. The summed E-state index contributed by atoms with van der Waals surface area (Å²) in [5.74, 6) is 0. The van der Waals surface area contributed by atoms with Gasteiger partial charge in [0.15, 0.2) is 0 Å². The molecule has 0 nitrogen and oxygen atoms in total. The Balaban J connectivity index is 1.55. The fourth-order valence-electron chi connectivity index (χ4n) is 8.15. The monoisotopic (exact) mass is 596 g/mol. The van der Waals surface area contributed by atoms with Gasteiger partial charge in [-0.05, 0) is 76.1 Å². The molecule has 6 aromatic rings. The van der Waals surface area contributed by atoms with Crippen molar-refractivity contribution in [1.29, 1.82) is 0 Å². The second-order valence-electron chi connectivity index (χ2n) is 13.3. The van der Waals surface area contributed by atoms with Crippen molar-refractivity contribution in [2.45, 2.75) is 26.2 Å². The average Bonchev–Trinajstić information content (AvgIpc) is 3.06. The van der Waals surface area contributed by atoms with Gasteiger partial charge >= 0.3 is 0 Å². The SMILES string of the molecule is C[Si]1(C)C(c2ccccc2)=C(c2ccccc2)c2ccc3c4c(ccc1c24)C(c1ccccc1)=C(c1ccccc1)[Si]3(C)C. The van der Waals surface area contributed by atoms with Crippen LogP contribution in [0.4, 0.5) is 0 Å². The van der Waals surface area contributed by atoms with Crippen LogP contribution in [0.5, 0.6) is 0 Å². The minimum atomic E-state index is -2.14. The molecule has 0 radical (unpaired) electrons. The van der Waals surface area contributed by atoms with Crippen LogP contribution in [0.1, 0.15) is 33.4 Å². The summed E-state index contributed by atoms with van der Waals surface area (Å²) >= 11 is 0. The van der Waals surface area contributed by atoms with Crippen LogP contribution in [-0.4, -0.2) is 16.1 Å². The molecule has 0 N–H and O–H groups in total. The summed E-state index contributed by atoms with van der Waals surface area (Å²) in [7, 11) is -4.28. The molecule has 44 heavy (non-hydrogen) atoms. The van der Waals surface area contributed by atoms with Gasteiger partial charge in [0, 0.05) is 0 Å². The lowest BCUT2D eigenvalue weighted by Crippen LogP contribution is -2.50. The lowest BCUT2D eigenvalue weighted by atomic mass is 9.86. The first-order chi connectivity index (χ1) is 21.4. The van der Waals surface area contributed by atoms with Gasteiger partial charge in [-0.2, -0.15) is 0 Å². The lowest BCUT2D eigenvalue weighted by molar-refractivity contribution is 1.52. The second-order valence-corrected chi connectivity index (χ2v) is 21.9. The van der Waals surface area contributed by atoms with Crippen LogP contribution in [0.2, 0.25) is 26.2 Å². The largest absolute Gasteiger partial charge is 0.114 e. The van der Waals surface area contributed by atoms with Crippen LogP contribution < -0.4 is 10.4 Å². The summed E-state index contributed by atoms with van der Waals surface area (Å²) in [4.78, 5) is 0. The van der Waals surface area contributed by atoms with E-state index in [2.05, 4.69) is 172 Å². The molecule has 6 aromatic carbocycles. The predicted molar refractivity (Wildman–Crippen MR) is 196 cm³/mol. The van der Waals surface area contributed by atoms with Gasteiger partial charge in [0.2, 0.25) is 0 Å². The van der Waals surface area contributed by atoms with Gasteiger partial charge in [0.1, 0.15) is 16.1 Å². The molecule has 2 aliphatic heterocycles. The summed E-state index contributed by atoms with van der Waals surface area (Å²) in [6.07, 6.45) is 0. The first kappa shape index (κ1) is 27.1. The van der Waals surface area contributed by atoms with E-state index in [1.165, 1.54) is 65.7 Å². The van der Waals surface area contributed by atoms with E-state index in [1.807, 2.05) is 0 Å². The Morgan fingerprint density at radius 2 is 0.614 bits per heavy atom. The summed E-state index contributed by atoms with van der Waals surface area (Å²) in [5, 5.41) is 9.19. The normalized spacial score (nSPS) is 16.4. The molecule has 8 rings (SSSR count). The third kappa shape index (κ3) is 3.88. The Kier molecular flexibility index (Phi) is 6.16. The Morgan fingerprint density at radius 1 is 0.318 bits per heavy atom. The maximum Gasteiger partial charge on any atom is 0.114 e. The van der Waals surface area contributed by atoms with E-state index in [0.29, 0.717) is 0 Å². The summed E-state index contributed by atoms with van der Waals surface area (Å²) in [5.41, 5.74) is 11.0. The van der Waals surface area contributed by atoms with Crippen LogP contribution in [0, 0.1) is 0 Å². The van der Waals surface area contributed by atoms with Crippen LogP contribution in [0.25, 0.3) is 32.3 Å². The molecule has 0 spiro atoms. The summed E-state index contributed by atoms with van der Waals surface area (Å²) in [6.45, 7) is 10.3. The predicted octanol–water partition coefficient (Wildman–Crippen LogP) is 9.69. The standard InChI is InChI=1S/C42H36Si2/c1-43(2)35-27-25-34-38(30-19-11-6-12-20-30)42(32-23-15-8-16-24-32)44(3,4)36-28-26-33(39(35)40(34)36)37(29-17-9-5-10-18-29)41(43)31-21-13-7-14-22-31/h5-28H,1-4H3. The number of hydrogen-bond acceptors (Lipinski definition) is 0. The van der Waals surface area contributed by atoms with Gasteiger partial charge in [-0.3, -0.25) is 0 Å². The van der Waals surface area contributed by atoms with Crippen molar-refractivity contribution in [3.8, 4) is 0 Å². The quantitative estimate of drug-likeness (QED) is 0.178. The molecule has 2 aliphatic rings. The minimum absolute atomic E-state index is 1.31. The Morgan fingerprint density at radius 3 is 0.932 bits per heavy atom. The van der Waals surface area contributed by atoms with Crippen molar-refractivity contribution in [3.63, 3.8) is 0 Å². The van der Waals surface area contributed by atoms with Gasteiger partial charge in [-0.1, -0.05) is 172 Å². The minimum Gasteiger partial charge on any atom is -0.0622 e. The first-order valence-corrected chi connectivity index (χ1v) is 21.7. The molecule has 0 aromatic heterocycles. The molecule has 0 atom stereocenters. The Hall–Kier alpha value is -4.51. The topological polar surface area (TPSA) is 0 Å². The van der Waals surface area contributed by atoms with Crippen molar-refractivity contribution >= 4 is 58.8 Å². The Bertz CT molecular complexity index is 1960. The highest BCUT2D eigenvalue weighted by Crippen LogP contribution is 2.49. The molecule has 0 fully saturated rings. The third-order valence-corrected chi connectivity index (χ3v) is 17.1. The van der Waals surface area contributed by atoms with Gasteiger partial charge in [0.25, 0.3) is 0 Å². The van der Waals surface area contributed by atoms with Gasteiger partial charge in [-0.15, -0.1) is 0 Å². The molecule has 2 heteroatoms. The first-order valence-electron chi connectivity index (χ1n) is 15.7. The van der Waals surface area contributed by atoms with Crippen LogP contribution in [-0.2, 0) is 0 Å². The van der Waals surface area contributed by atoms with E-state index in [9.17, 15) is 0 Å². The molecule has 0 bridgehead atoms. The van der Waals surface area contributed by atoms with Gasteiger partial charge in [0.05, 0.1) is 0 Å². The summed E-state index contributed by atoms with van der Waals surface area (Å²) < 4.78 is 0. The molecule has 0 aliphatic carbocycles. The molecule has 0 amide bonds. The highest BCUT2D eigenvalue weighted by molar-refractivity contribution is 7.09. The Labute approximate surface area is 263 Å². The molecule has 0 saturated carbocycles. The van der Waals surface area contributed by atoms with Crippen LogP contribution >= 0.6 is 0 Å². The van der Waals surface area contributed by atoms with Crippen molar-refractivity contribution < 1.29 is 0 Å². The molecule has 0 unspecified atom stereocenters. The maximum absolute atomic E-state index is 2.57. The van der Waals surface area contributed by atoms with Gasteiger partial charge < -0.3 is 0 Å². The van der Waals surface area contributed by atoms with E-state index in [0.717, 1.165) is 0 Å². The highest BCUT2D eigenvalue weighted by atomic mass is 28.3. The van der Waals surface area contributed by atoms with Crippen molar-refractivity contribution in [2.24, 2.45) is 0 Å². The molecular formula is C42H36Si2. The van der Waals surface area contributed by atoms with Crippen LogP contribution in [0.3, 0.4) is 0 Å². The van der Waals surface area contributed by atoms with Crippen molar-refractivity contribution in [3.05, 3.63) is 179 Å². The average molecular weight is 597 g/mol. The zero-order valence-corrected chi connectivity index (χ0v) is 27.9. The van der Waals surface area contributed by atoms with Crippen LogP contribution in [0.15, 0.2) is 146 Å². The number of rotatable bonds is 4. The van der Waals surface area contributed by atoms with E-state index in [4.69, 9.17) is 0 Å². The number of benzene rings is 6. The van der Waals surface area contributed by atoms with E-state index < -0.39 is 16.1 Å². The zero-order chi connectivity index (χ0) is 30.1. The molecule has 0 saturated heterocycles. The van der Waals surface area contributed by atoms with Gasteiger partial charge in [-0.25, -0.2) is 0 Å². The fourth-order valence-corrected chi connectivity index (χ4v) is 15.0. The molecule has 2 heterocycles. The van der Waals surface area contributed by atoms with E-state index >= 15 is 0 Å². The van der Waals surface area contributed by atoms with Crippen molar-refractivity contribution in [1.82, 2.24) is 0 Å². The maximum atomic E-state index is 2.57. The van der Waals surface area contributed by atoms with E-state index in [1.54, 1.807) is 10.4 Å². The highest BCUT2D eigenvalue weighted by Gasteiger charge is 2.44. The lowest BCUT2D eigenvalue weighted by Gasteiger charge is -2.41.